The first-order valence-corrected chi connectivity index (χ1v) is 3.89. The van der Waals surface area contributed by atoms with Crippen LogP contribution < -0.4 is 0 Å². The molecule has 0 bridgehead atoms. The molecule has 1 rings (SSSR count). The summed E-state index contributed by atoms with van der Waals surface area (Å²) in [4.78, 5) is 11.5. The lowest BCUT2D eigenvalue weighted by molar-refractivity contribution is -0.190. The molecule has 0 unspecified atom stereocenters. The summed E-state index contributed by atoms with van der Waals surface area (Å²) in [5.74, 6) is -1.78. The highest BCUT2D eigenvalue weighted by atomic mass is 19.4. The van der Waals surface area contributed by atoms with Gasteiger partial charge in [-0.2, -0.15) is 13.2 Å². The lowest BCUT2D eigenvalue weighted by Crippen LogP contribution is -2.49. The summed E-state index contributed by atoms with van der Waals surface area (Å²) in [6, 6.07) is 0. The van der Waals surface area contributed by atoms with Crippen molar-refractivity contribution in [2.24, 2.45) is 0 Å². The van der Waals surface area contributed by atoms with Crippen LogP contribution in [0.3, 0.4) is 0 Å². The Kier molecular flexibility index (Phi) is 2.80. The standard InChI is InChI=1S/C7H10F3NO2/c1-5-4-11(2-3-13-5)6(12)7(8,9)10/h5H,2-4H2,1H3/t5-/m1/s1. The Morgan fingerprint density at radius 1 is 1.54 bits per heavy atom. The molecule has 1 fully saturated rings. The zero-order chi connectivity index (χ0) is 10.1. The Morgan fingerprint density at radius 2 is 2.15 bits per heavy atom. The summed E-state index contributed by atoms with van der Waals surface area (Å²) < 4.78 is 40.8. The average Bonchev–Trinajstić information content (AvgIpc) is 2.01. The van der Waals surface area contributed by atoms with E-state index in [2.05, 4.69) is 0 Å². The molecule has 1 saturated heterocycles. The molecule has 13 heavy (non-hydrogen) atoms. The normalized spacial score (nSPS) is 24.6. The fraction of sp³-hybridized carbons (Fsp3) is 0.857. The van der Waals surface area contributed by atoms with Crippen LogP contribution >= 0.6 is 0 Å². The van der Waals surface area contributed by atoms with E-state index >= 15 is 0 Å². The van der Waals surface area contributed by atoms with E-state index in [9.17, 15) is 18.0 Å². The van der Waals surface area contributed by atoms with Crippen molar-refractivity contribution in [3.63, 3.8) is 0 Å². The van der Waals surface area contributed by atoms with Gasteiger partial charge in [0.1, 0.15) is 0 Å². The maximum atomic E-state index is 11.9. The molecule has 6 heteroatoms. The molecule has 0 aromatic rings. The Bertz CT molecular complexity index is 204. The first kappa shape index (κ1) is 10.3. The second-order valence-corrected chi connectivity index (χ2v) is 2.93. The highest BCUT2D eigenvalue weighted by Gasteiger charge is 2.43. The van der Waals surface area contributed by atoms with Gasteiger partial charge >= 0.3 is 12.1 Å². The van der Waals surface area contributed by atoms with Crippen molar-refractivity contribution in [3.05, 3.63) is 0 Å². The van der Waals surface area contributed by atoms with Crippen molar-refractivity contribution in [2.75, 3.05) is 19.7 Å². The zero-order valence-electron chi connectivity index (χ0n) is 7.10. The molecule has 0 saturated carbocycles. The average molecular weight is 197 g/mol. The lowest BCUT2D eigenvalue weighted by Gasteiger charge is -2.31. The van der Waals surface area contributed by atoms with E-state index in [1.54, 1.807) is 6.92 Å². The van der Waals surface area contributed by atoms with Gasteiger partial charge in [0.25, 0.3) is 0 Å². The minimum absolute atomic E-state index is 0.0122. The van der Waals surface area contributed by atoms with Crippen molar-refractivity contribution in [1.82, 2.24) is 4.90 Å². The van der Waals surface area contributed by atoms with Crippen LogP contribution in [0.15, 0.2) is 0 Å². The Hall–Kier alpha value is -0.780. The number of nitrogens with zero attached hydrogens (tertiary/aromatic N) is 1. The van der Waals surface area contributed by atoms with Crippen LogP contribution in [0.2, 0.25) is 0 Å². The van der Waals surface area contributed by atoms with Gasteiger partial charge in [0.05, 0.1) is 12.7 Å². The van der Waals surface area contributed by atoms with Gasteiger partial charge in [-0.25, -0.2) is 0 Å². The first-order valence-electron chi connectivity index (χ1n) is 3.89. The third kappa shape index (κ3) is 2.58. The molecule has 0 radical (unpaired) electrons. The summed E-state index contributed by atoms with van der Waals surface area (Å²) >= 11 is 0. The smallest absolute Gasteiger partial charge is 0.375 e. The van der Waals surface area contributed by atoms with Crippen molar-refractivity contribution in [1.29, 1.82) is 0 Å². The van der Waals surface area contributed by atoms with Crippen LogP contribution in [0, 0.1) is 0 Å². The quantitative estimate of drug-likeness (QED) is 0.574. The van der Waals surface area contributed by atoms with Gasteiger partial charge in [0.15, 0.2) is 0 Å². The van der Waals surface area contributed by atoms with Crippen molar-refractivity contribution in [2.45, 2.75) is 19.2 Å². The van der Waals surface area contributed by atoms with Gasteiger partial charge in [-0.05, 0) is 6.92 Å². The summed E-state index contributed by atoms with van der Waals surface area (Å²) in [7, 11) is 0. The van der Waals surface area contributed by atoms with E-state index in [1.165, 1.54) is 0 Å². The van der Waals surface area contributed by atoms with E-state index in [0.29, 0.717) is 0 Å². The molecular weight excluding hydrogens is 187 g/mol. The van der Waals surface area contributed by atoms with Crippen molar-refractivity contribution >= 4 is 5.91 Å². The predicted molar refractivity (Wildman–Crippen MR) is 38.0 cm³/mol. The molecule has 0 aliphatic carbocycles. The van der Waals surface area contributed by atoms with Crippen LogP contribution in [-0.2, 0) is 9.53 Å². The van der Waals surface area contributed by atoms with Gasteiger partial charge in [-0.1, -0.05) is 0 Å². The number of hydrogen-bond donors (Lipinski definition) is 0. The number of rotatable bonds is 0. The number of ether oxygens (including phenoxy) is 1. The number of morpholine rings is 1. The van der Waals surface area contributed by atoms with Crippen molar-refractivity contribution < 1.29 is 22.7 Å². The minimum atomic E-state index is -4.77. The highest BCUT2D eigenvalue weighted by molar-refractivity contribution is 5.81. The molecule has 1 atom stereocenters. The van der Waals surface area contributed by atoms with Crippen LogP contribution in [0.5, 0.6) is 0 Å². The van der Waals surface area contributed by atoms with E-state index in [0.717, 1.165) is 4.90 Å². The Morgan fingerprint density at radius 3 is 2.62 bits per heavy atom. The Balaban J connectivity index is 2.56. The van der Waals surface area contributed by atoms with Gasteiger partial charge in [0, 0.05) is 13.1 Å². The van der Waals surface area contributed by atoms with Gasteiger partial charge in [0.2, 0.25) is 0 Å². The van der Waals surface area contributed by atoms with Gasteiger partial charge in [-0.3, -0.25) is 4.79 Å². The van der Waals surface area contributed by atoms with Crippen LogP contribution in [0.4, 0.5) is 13.2 Å². The molecule has 76 valence electrons. The molecule has 0 spiro atoms. The largest absolute Gasteiger partial charge is 0.471 e. The maximum Gasteiger partial charge on any atom is 0.471 e. The maximum absolute atomic E-state index is 11.9. The van der Waals surface area contributed by atoms with Crippen LogP contribution in [0.25, 0.3) is 0 Å². The summed E-state index contributed by atoms with van der Waals surface area (Å²) in [6.07, 6.45) is -5.09. The molecule has 1 aliphatic rings. The number of hydrogen-bond acceptors (Lipinski definition) is 2. The number of amides is 1. The summed E-state index contributed by atoms with van der Waals surface area (Å²) in [5.41, 5.74) is 0. The number of alkyl halides is 3. The number of carbonyl (C=O) groups is 1. The van der Waals surface area contributed by atoms with E-state index in [4.69, 9.17) is 4.74 Å². The zero-order valence-corrected chi connectivity index (χ0v) is 7.10. The second-order valence-electron chi connectivity index (χ2n) is 2.93. The molecule has 0 aromatic heterocycles. The first-order chi connectivity index (χ1) is 5.91. The van der Waals surface area contributed by atoms with Crippen LogP contribution in [-0.4, -0.2) is 42.8 Å². The lowest BCUT2D eigenvalue weighted by atomic mass is 10.3. The van der Waals surface area contributed by atoms with E-state index < -0.39 is 12.1 Å². The molecule has 1 heterocycles. The van der Waals surface area contributed by atoms with Gasteiger partial charge < -0.3 is 9.64 Å². The minimum Gasteiger partial charge on any atom is -0.375 e. The Labute approximate surface area is 73.5 Å². The molecule has 0 N–H and O–H groups in total. The predicted octanol–water partition coefficient (Wildman–Crippen LogP) is 0.796. The van der Waals surface area contributed by atoms with E-state index in [-0.39, 0.29) is 25.8 Å². The number of halogens is 3. The SMILES string of the molecule is C[C@@H]1CN(C(=O)C(F)(F)F)CCO1. The second kappa shape index (κ2) is 3.53. The molecular formula is C7H10F3NO2. The fourth-order valence-electron chi connectivity index (χ4n) is 1.18. The van der Waals surface area contributed by atoms with E-state index in [1.807, 2.05) is 0 Å². The third-order valence-corrected chi connectivity index (χ3v) is 1.77. The topological polar surface area (TPSA) is 29.5 Å². The molecule has 1 amide bonds. The molecule has 0 aromatic carbocycles. The molecule has 1 aliphatic heterocycles. The highest BCUT2D eigenvalue weighted by Crippen LogP contribution is 2.19. The summed E-state index contributed by atoms with van der Waals surface area (Å²) in [6.45, 7) is 1.83. The van der Waals surface area contributed by atoms with Crippen LogP contribution in [0.1, 0.15) is 6.92 Å². The van der Waals surface area contributed by atoms with Gasteiger partial charge in [-0.15, -0.1) is 0 Å². The monoisotopic (exact) mass is 197 g/mol. The number of carbonyl (C=O) groups excluding carboxylic acids is 1. The third-order valence-electron chi connectivity index (χ3n) is 1.77. The fourth-order valence-corrected chi connectivity index (χ4v) is 1.18. The summed E-state index contributed by atoms with van der Waals surface area (Å²) in [5, 5.41) is 0. The molecule has 3 nitrogen and oxygen atoms in total. The van der Waals surface area contributed by atoms with Crippen molar-refractivity contribution in [3.8, 4) is 0 Å².